The number of amides is 1. The van der Waals surface area contributed by atoms with Crippen molar-refractivity contribution in [3.05, 3.63) is 44.6 Å². The van der Waals surface area contributed by atoms with E-state index in [1.165, 1.54) is 28.6 Å². The minimum atomic E-state index is -3.74. The summed E-state index contributed by atoms with van der Waals surface area (Å²) in [5, 5.41) is 11.6. The lowest BCUT2D eigenvalue weighted by Gasteiger charge is -2.25. The second kappa shape index (κ2) is 8.07. The van der Waals surface area contributed by atoms with Gasteiger partial charge in [0.2, 0.25) is 10.0 Å². The summed E-state index contributed by atoms with van der Waals surface area (Å²) in [5.74, 6) is -1.63. The van der Waals surface area contributed by atoms with Crippen molar-refractivity contribution in [2.24, 2.45) is 0 Å². The van der Waals surface area contributed by atoms with E-state index in [1.54, 1.807) is 6.07 Å². The minimum Gasteiger partial charge on any atom is -0.478 e. The number of carbonyl (C=O) groups excluding carboxylic acids is 1. The zero-order valence-corrected chi connectivity index (χ0v) is 17.1. The number of thiophene rings is 1. The first kappa shape index (κ1) is 20.0. The summed E-state index contributed by atoms with van der Waals surface area (Å²) in [4.78, 5) is 23.7. The highest BCUT2D eigenvalue weighted by atomic mass is 79.9. The van der Waals surface area contributed by atoms with E-state index in [1.807, 2.05) is 0 Å². The molecule has 1 amide bonds. The Labute approximate surface area is 167 Å². The molecule has 1 aromatic heterocycles. The number of halogens is 1. The fourth-order valence-electron chi connectivity index (χ4n) is 2.49. The van der Waals surface area contributed by atoms with Crippen LogP contribution >= 0.6 is 27.3 Å². The molecule has 2 N–H and O–H groups in total. The topological polar surface area (TPSA) is 113 Å². The van der Waals surface area contributed by atoms with Gasteiger partial charge in [-0.05, 0) is 40.2 Å². The minimum absolute atomic E-state index is 0.0267. The lowest BCUT2D eigenvalue weighted by atomic mass is 10.2. The Morgan fingerprint density at radius 3 is 2.59 bits per heavy atom. The number of carboxylic acids is 1. The van der Waals surface area contributed by atoms with Gasteiger partial charge in [0.15, 0.2) is 0 Å². The maximum absolute atomic E-state index is 12.8. The van der Waals surface area contributed by atoms with Gasteiger partial charge in [-0.1, -0.05) is 6.07 Å². The molecule has 1 aliphatic heterocycles. The highest BCUT2D eigenvalue weighted by Crippen LogP contribution is 2.34. The smallest absolute Gasteiger partial charge is 0.335 e. The van der Waals surface area contributed by atoms with Crippen LogP contribution in [0.25, 0.3) is 0 Å². The molecule has 0 radical (unpaired) electrons. The highest BCUT2D eigenvalue weighted by molar-refractivity contribution is 9.11. The maximum atomic E-state index is 12.8. The number of aromatic carboxylic acids is 1. The molecule has 1 fully saturated rings. The highest BCUT2D eigenvalue weighted by Gasteiger charge is 2.30. The van der Waals surface area contributed by atoms with Crippen molar-refractivity contribution in [2.75, 3.05) is 31.6 Å². The van der Waals surface area contributed by atoms with E-state index in [0.717, 1.165) is 11.3 Å². The molecule has 0 bridgehead atoms. The average Bonchev–Trinajstić information content (AvgIpc) is 3.05. The summed E-state index contributed by atoms with van der Waals surface area (Å²) in [5.41, 5.74) is 0.345. The second-order valence-corrected chi connectivity index (χ2v) is 9.88. The monoisotopic (exact) mass is 474 g/mol. The Balaban J connectivity index is 1.82. The number of carbonyl (C=O) groups is 2. The van der Waals surface area contributed by atoms with Crippen LogP contribution in [0, 0.1) is 0 Å². The van der Waals surface area contributed by atoms with Gasteiger partial charge >= 0.3 is 5.97 Å². The van der Waals surface area contributed by atoms with Crippen LogP contribution in [-0.2, 0) is 14.8 Å². The molecule has 2 aromatic rings. The Morgan fingerprint density at radius 2 is 1.93 bits per heavy atom. The molecule has 1 aliphatic rings. The molecule has 0 saturated carbocycles. The first-order valence-electron chi connectivity index (χ1n) is 7.81. The summed E-state index contributed by atoms with van der Waals surface area (Å²) in [6.07, 6.45) is 0. The first-order chi connectivity index (χ1) is 12.8. The number of nitrogens with one attached hydrogen (secondary N) is 1. The van der Waals surface area contributed by atoms with E-state index in [4.69, 9.17) is 9.84 Å². The van der Waals surface area contributed by atoms with Crippen LogP contribution in [0.2, 0.25) is 0 Å². The molecular weight excluding hydrogens is 460 g/mol. The summed E-state index contributed by atoms with van der Waals surface area (Å²) < 4.78 is 32.4. The van der Waals surface area contributed by atoms with Gasteiger partial charge in [0.25, 0.3) is 5.91 Å². The number of sulfonamides is 1. The molecule has 0 atom stereocenters. The number of benzene rings is 1. The predicted octanol–water partition coefficient (Wildman–Crippen LogP) is 2.48. The third-order valence-electron chi connectivity index (χ3n) is 3.83. The Hall–Kier alpha value is -1.79. The van der Waals surface area contributed by atoms with Gasteiger partial charge in [-0.25, -0.2) is 13.2 Å². The van der Waals surface area contributed by atoms with E-state index in [9.17, 15) is 18.0 Å². The van der Waals surface area contributed by atoms with Gasteiger partial charge in [-0.15, -0.1) is 11.3 Å². The lowest BCUT2D eigenvalue weighted by molar-refractivity contribution is 0.0696. The molecule has 144 valence electrons. The number of ether oxygens (including phenoxy) is 1. The predicted molar refractivity (Wildman–Crippen MR) is 103 cm³/mol. The van der Waals surface area contributed by atoms with Crippen molar-refractivity contribution in [2.45, 2.75) is 4.90 Å². The number of anilines is 1. The van der Waals surface area contributed by atoms with Crippen molar-refractivity contribution in [3.63, 3.8) is 0 Å². The third kappa shape index (κ3) is 4.38. The molecule has 0 aliphatic carbocycles. The van der Waals surface area contributed by atoms with Gasteiger partial charge in [0.1, 0.15) is 4.90 Å². The first-order valence-corrected chi connectivity index (χ1v) is 10.9. The van der Waals surface area contributed by atoms with Crippen molar-refractivity contribution in [3.8, 4) is 0 Å². The van der Waals surface area contributed by atoms with Crippen LogP contribution in [0.5, 0.6) is 0 Å². The number of nitrogens with zero attached hydrogens (tertiary/aromatic N) is 1. The van der Waals surface area contributed by atoms with Gasteiger partial charge in [-0.3, -0.25) is 4.79 Å². The van der Waals surface area contributed by atoms with Crippen molar-refractivity contribution in [1.29, 1.82) is 0 Å². The summed E-state index contributed by atoms with van der Waals surface area (Å²) in [7, 11) is -3.74. The number of rotatable bonds is 5. The number of morpholine rings is 1. The van der Waals surface area contributed by atoms with Crippen LogP contribution in [0.1, 0.15) is 20.0 Å². The van der Waals surface area contributed by atoms with Crippen molar-refractivity contribution < 1.29 is 27.9 Å². The molecule has 8 nitrogen and oxygen atoms in total. The second-order valence-electron chi connectivity index (χ2n) is 5.61. The van der Waals surface area contributed by atoms with E-state index in [2.05, 4.69) is 21.2 Å². The molecule has 2 heterocycles. The summed E-state index contributed by atoms with van der Waals surface area (Å²) in [6, 6.07) is 7.12. The van der Waals surface area contributed by atoms with Crippen LogP contribution in [-0.4, -0.2) is 56.0 Å². The zero-order valence-electron chi connectivity index (χ0n) is 13.8. The Kier molecular flexibility index (Phi) is 5.96. The van der Waals surface area contributed by atoms with Crippen LogP contribution in [0.15, 0.2) is 39.0 Å². The summed E-state index contributed by atoms with van der Waals surface area (Å²) >= 11 is 4.22. The number of hydrogen-bond acceptors (Lipinski definition) is 6. The van der Waals surface area contributed by atoms with E-state index >= 15 is 0 Å². The van der Waals surface area contributed by atoms with Crippen molar-refractivity contribution >= 4 is 54.9 Å². The largest absolute Gasteiger partial charge is 0.478 e. The average molecular weight is 475 g/mol. The lowest BCUT2D eigenvalue weighted by Crippen LogP contribution is -2.40. The fourth-order valence-corrected chi connectivity index (χ4v) is 6.31. The van der Waals surface area contributed by atoms with Gasteiger partial charge < -0.3 is 15.2 Å². The van der Waals surface area contributed by atoms with Crippen LogP contribution in [0.3, 0.4) is 0 Å². The Morgan fingerprint density at radius 1 is 1.22 bits per heavy atom. The molecule has 0 unspecified atom stereocenters. The third-order valence-corrected chi connectivity index (χ3v) is 7.98. The molecular formula is C16H15BrN2O6S2. The molecule has 3 rings (SSSR count). The molecule has 1 saturated heterocycles. The van der Waals surface area contributed by atoms with Gasteiger partial charge in [-0.2, -0.15) is 4.31 Å². The molecule has 27 heavy (non-hydrogen) atoms. The van der Waals surface area contributed by atoms with Gasteiger partial charge in [0, 0.05) is 18.8 Å². The standard InChI is InChI=1S/C16H15BrN2O6S2/c17-14-13(27(23,24)19-4-6-25-7-5-19)9-12(26-14)15(20)18-11-3-1-2-10(8-11)16(21)22/h1-3,8-9H,4-7H2,(H,18,20)(H,21,22). The SMILES string of the molecule is O=C(O)c1cccc(NC(=O)c2cc(S(=O)(=O)N3CCOCC3)c(Br)s2)c1. The van der Waals surface area contributed by atoms with E-state index < -0.39 is 21.9 Å². The zero-order chi connectivity index (χ0) is 19.6. The number of hydrogen-bond donors (Lipinski definition) is 2. The Bertz CT molecular complexity index is 983. The summed E-state index contributed by atoms with van der Waals surface area (Å²) in [6.45, 7) is 1.17. The normalized spacial score (nSPS) is 15.4. The van der Waals surface area contributed by atoms with E-state index in [0.29, 0.717) is 22.7 Å². The van der Waals surface area contributed by atoms with E-state index in [-0.39, 0.29) is 28.4 Å². The molecule has 11 heteroatoms. The van der Waals surface area contributed by atoms with Crippen molar-refractivity contribution in [1.82, 2.24) is 4.31 Å². The fraction of sp³-hybridized carbons (Fsp3) is 0.250. The molecule has 1 aromatic carbocycles. The van der Waals surface area contributed by atoms with Gasteiger partial charge in [0.05, 0.1) is 27.4 Å². The quantitative estimate of drug-likeness (QED) is 0.687. The maximum Gasteiger partial charge on any atom is 0.335 e. The number of carboxylic acid groups (broad SMARTS) is 1. The van der Waals surface area contributed by atoms with Crippen LogP contribution in [0.4, 0.5) is 5.69 Å². The van der Waals surface area contributed by atoms with Crippen LogP contribution < -0.4 is 5.32 Å². The molecule has 0 spiro atoms.